The van der Waals surface area contributed by atoms with Gasteiger partial charge >= 0.3 is 0 Å². The number of pyridine rings is 1. The van der Waals surface area contributed by atoms with E-state index < -0.39 is 0 Å². The van der Waals surface area contributed by atoms with E-state index in [1.807, 2.05) is 18.3 Å². The van der Waals surface area contributed by atoms with Crippen LogP contribution >= 0.6 is 0 Å². The van der Waals surface area contributed by atoms with Crippen LogP contribution in [0.5, 0.6) is 0 Å². The molecule has 2 heteroatoms. The molecule has 0 aliphatic heterocycles. The van der Waals surface area contributed by atoms with Gasteiger partial charge in [-0.15, -0.1) is 0 Å². The molecule has 0 aliphatic rings. The summed E-state index contributed by atoms with van der Waals surface area (Å²) in [6, 6.07) is 12.3. The Morgan fingerprint density at radius 3 is 2.44 bits per heavy atom. The summed E-state index contributed by atoms with van der Waals surface area (Å²) in [6.07, 6.45) is 3.60. The zero-order chi connectivity index (χ0) is 11.2. The molecular formula is C14H15NO. The molecule has 1 aromatic carbocycles. The van der Waals surface area contributed by atoms with Gasteiger partial charge in [0, 0.05) is 12.4 Å². The number of aromatic nitrogens is 1. The normalized spacial score (nSPS) is 10.3. The van der Waals surface area contributed by atoms with Gasteiger partial charge in [-0.3, -0.25) is 4.98 Å². The highest BCUT2D eigenvalue weighted by atomic mass is 16.5. The van der Waals surface area contributed by atoms with Crippen LogP contribution in [0.4, 0.5) is 0 Å². The fourth-order valence-corrected chi connectivity index (χ4v) is 1.45. The lowest BCUT2D eigenvalue weighted by molar-refractivity contribution is 0.107. The predicted molar refractivity (Wildman–Crippen MR) is 63.9 cm³/mol. The van der Waals surface area contributed by atoms with E-state index in [0.29, 0.717) is 13.2 Å². The lowest BCUT2D eigenvalue weighted by Gasteiger charge is -2.04. The van der Waals surface area contributed by atoms with Crippen molar-refractivity contribution in [3.63, 3.8) is 0 Å². The zero-order valence-corrected chi connectivity index (χ0v) is 9.39. The molecule has 82 valence electrons. The summed E-state index contributed by atoms with van der Waals surface area (Å²) in [4.78, 5) is 4.04. The van der Waals surface area contributed by atoms with Gasteiger partial charge in [-0.25, -0.2) is 0 Å². The van der Waals surface area contributed by atoms with Crippen LogP contribution in [-0.2, 0) is 18.0 Å². The topological polar surface area (TPSA) is 22.1 Å². The number of nitrogens with zero attached hydrogens (tertiary/aromatic N) is 1. The Kier molecular flexibility index (Phi) is 3.67. The van der Waals surface area contributed by atoms with Crippen molar-refractivity contribution in [2.24, 2.45) is 0 Å². The van der Waals surface area contributed by atoms with Crippen LogP contribution in [0.25, 0.3) is 0 Å². The molecule has 0 fully saturated rings. The molecule has 0 atom stereocenters. The Morgan fingerprint density at radius 2 is 1.75 bits per heavy atom. The maximum atomic E-state index is 5.61. The number of rotatable bonds is 4. The van der Waals surface area contributed by atoms with Gasteiger partial charge in [-0.1, -0.05) is 35.9 Å². The third-order valence-electron chi connectivity index (χ3n) is 2.38. The van der Waals surface area contributed by atoms with Gasteiger partial charge < -0.3 is 4.74 Å². The molecule has 0 bridgehead atoms. The molecule has 0 N–H and O–H groups in total. The fourth-order valence-electron chi connectivity index (χ4n) is 1.45. The van der Waals surface area contributed by atoms with E-state index in [1.54, 1.807) is 6.20 Å². The first-order chi connectivity index (χ1) is 7.84. The monoisotopic (exact) mass is 213 g/mol. The molecule has 0 spiro atoms. The van der Waals surface area contributed by atoms with Gasteiger partial charge in [-0.05, 0) is 24.1 Å². The second kappa shape index (κ2) is 5.42. The molecule has 2 aromatic rings. The minimum Gasteiger partial charge on any atom is -0.372 e. The van der Waals surface area contributed by atoms with Gasteiger partial charge in [0.25, 0.3) is 0 Å². The second-order valence-corrected chi connectivity index (χ2v) is 3.84. The van der Waals surface area contributed by atoms with E-state index in [0.717, 1.165) is 5.56 Å². The van der Waals surface area contributed by atoms with Gasteiger partial charge in [0.05, 0.1) is 13.2 Å². The highest BCUT2D eigenvalue weighted by Crippen LogP contribution is 2.06. The van der Waals surface area contributed by atoms with Gasteiger partial charge in [0.15, 0.2) is 0 Å². The first-order valence-corrected chi connectivity index (χ1v) is 5.37. The first-order valence-electron chi connectivity index (χ1n) is 5.37. The number of hydrogen-bond donors (Lipinski definition) is 0. The maximum absolute atomic E-state index is 5.61. The predicted octanol–water partition coefficient (Wildman–Crippen LogP) is 3.11. The molecule has 1 heterocycles. The molecule has 16 heavy (non-hydrogen) atoms. The summed E-state index contributed by atoms with van der Waals surface area (Å²) in [5.41, 5.74) is 3.58. The summed E-state index contributed by atoms with van der Waals surface area (Å²) in [5.74, 6) is 0. The van der Waals surface area contributed by atoms with E-state index >= 15 is 0 Å². The molecule has 0 saturated carbocycles. The van der Waals surface area contributed by atoms with Crippen LogP contribution in [0, 0.1) is 6.92 Å². The lowest BCUT2D eigenvalue weighted by Crippen LogP contribution is -1.94. The third-order valence-corrected chi connectivity index (χ3v) is 2.38. The fraction of sp³-hybridized carbons (Fsp3) is 0.214. The molecule has 2 rings (SSSR count). The Balaban J connectivity index is 1.82. The SMILES string of the molecule is Cc1ccc(COCc2cccnc2)cc1. The minimum atomic E-state index is 0.613. The standard InChI is InChI=1S/C14H15NO/c1-12-4-6-13(7-5-12)10-16-11-14-3-2-8-15-9-14/h2-9H,10-11H2,1H3. The van der Waals surface area contributed by atoms with Crippen LogP contribution in [0.15, 0.2) is 48.8 Å². The molecule has 0 amide bonds. The Hall–Kier alpha value is -1.67. The molecule has 0 unspecified atom stereocenters. The molecular weight excluding hydrogens is 198 g/mol. The summed E-state index contributed by atoms with van der Waals surface area (Å²) in [7, 11) is 0. The Bertz CT molecular complexity index is 422. The van der Waals surface area contributed by atoms with Crippen LogP contribution < -0.4 is 0 Å². The zero-order valence-electron chi connectivity index (χ0n) is 9.39. The third kappa shape index (κ3) is 3.17. The van der Waals surface area contributed by atoms with Gasteiger partial charge in [0.1, 0.15) is 0 Å². The average molecular weight is 213 g/mol. The number of ether oxygens (including phenoxy) is 1. The summed E-state index contributed by atoms with van der Waals surface area (Å²) in [5, 5.41) is 0. The summed E-state index contributed by atoms with van der Waals surface area (Å²) in [6.45, 7) is 3.34. The quantitative estimate of drug-likeness (QED) is 0.778. The van der Waals surface area contributed by atoms with E-state index in [-0.39, 0.29) is 0 Å². The van der Waals surface area contributed by atoms with Crippen molar-refractivity contribution in [2.45, 2.75) is 20.1 Å². The van der Waals surface area contributed by atoms with Gasteiger partial charge in [-0.2, -0.15) is 0 Å². The van der Waals surface area contributed by atoms with Crippen molar-refractivity contribution in [2.75, 3.05) is 0 Å². The second-order valence-electron chi connectivity index (χ2n) is 3.84. The Labute approximate surface area is 95.9 Å². The van der Waals surface area contributed by atoms with Crippen LogP contribution in [0.2, 0.25) is 0 Å². The number of aryl methyl sites for hydroxylation is 1. The van der Waals surface area contributed by atoms with E-state index in [9.17, 15) is 0 Å². The lowest BCUT2D eigenvalue weighted by atomic mass is 10.2. The van der Waals surface area contributed by atoms with Crippen LogP contribution in [-0.4, -0.2) is 4.98 Å². The largest absolute Gasteiger partial charge is 0.372 e. The average Bonchev–Trinajstić information content (AvgIpc) is 2.33. The van der Waals surface area contributed by atoms with Crippen molar-refractivity contribution < 1.29 is 4.74 Å². The van der Waals surface area contributed by atoms with E-state index in [1.165, 1.54) is 11.1 Å². The van der Waals surface area contributed by atoms with Crippen molar-refractivity contribution in [1.29, 1.82) is 0 Å². The van der Waals surface area contributed by atoms with Crippen molar-refractivity contribution in [1.82, 2.24) is 4.98 Å². The van der Waals surface area contributed by atoms with Crippen LogP contribution in [0.3, 0.4) is 0 Å². The molecule has 1 aromatic heterocycles. The number of benzene rings is 1. The Morgan fingerprint density at radius 1 is 1.00 bits per heavy atom. The molecule has 0 radical (unpaired) electrons. The smallest absolute Gasteiger partial charge is 0.0736 e. The number of hydrogen-bond acceptors (Lipinski definition) is 2. The van der Waals surface area contributed by atoms with Gasteiger partial charge in [0.2, 0.25) is 0 Å². The summed E-state index contributed by atoms with van der Waals surface area (Å²) < 4.78 is 5.61. The van der Waals surface area contributed by atoms with Crippen molar-refractivity contribution >= 4 is 0 Å². The maximum Gasteiger partial charge on any atom is 0.0736 e. The summed E-state index contributed by atoms with van der Waals surface area (Å²) >= 11 is 0. The van der Waals surface area contributed by atoms with Crippen LogP contribution in [0.1, 0.15) is 16.7 Å². The highest BCUT2D eigenvalue weighted by molar-refractivity contribution is 5.20. The van der Waals surface area contributed by atoms with E-state index in [2.05, 4.69) is 36.2 Å². The van der Waals surface area contributed by atoms with Crippen molar-refractivity contribution in [3.8, 4) is 0 Å². The van der Waals surface area contributed by atoms with Crippen molar-refractivity contribution in [3.05, 3.63) is 65.5 Å². The highest BCUT2D eigenvalue weighted by Gasteiger charge is 1.94. The van der Waals surface area contributed by atoms with E-state index in [4.69, 9.17) is 4.74 Å². The molecule has 0 aliphatic carbocycles. The first kappa shape index (κ1) is 10.8. The minimum absolute atomic E-state index is 0.613. The molecule has 0 saturated heterocycles. The molecule has 2 nitrogen and oxygen atoms in total.